The second-order valence-electron chi connectivity index (χ2n) is 11.2. The predicted molar refractivity (Wildman–Crippen MR) is 176 cm³/mol. The Morgan fingerprint density at radius 3 is 2.11 bits per heavy atom. The Hall–Kier alpha value is -4.50. The largest absolute Gasteiger partial charge is 0.352 e. The summed E-state index contributed by atoms with van der Waals surface area (Å²) in [5, 5.41) is 3.02. The number of hydrogen-bond donors (Lipinski definition) is 1. The molecule has 0 saturated heterocycles. The third-order valence-corrected chi connectivity index (χ3v) is 9.66. The molecule has 2 amide bonds. The highest BCUT2D eigenvalue weighted by atomic mass is 32.2. The molecule has 9 heteroatoms. The molecule has 0 radical (unpaired) electrons. The van der Waals surface area contributed by atoms with E-state index in [0.29, 0.717) is 6.42 Å². The molecule has 4 aromatic rings. The normalized spacial score (nSPS) is 12.6. The van der Waals surface area contributed by atoms with Crippen molar-refractivity contribution in [1.82, 2.24) is 10.2 Å². The Kier molecular flexibility index (Phi) is 11.1. The number of carbonyl (C=O) groups excluding carboxylic acids is 2. The topological polar surface area (TPSA) is 86.8 Å². The Morgan fingerprint density at radius 1 is 0.844 bits per heavy atom. The van der Waals surface area contributed by atoms with E-state index in [1.54, 1.807) is 12.1 Å². The number of sulfonamides is 1. The predicted octanol–water partition coefficient (Wildman–Crippen LogP) is 6.19. The highest BCUT2D eigenvalue weighted by Gasteiger charge is 2.35. The molecular formula is C36H40FN3O4S. The van der Waals surface area contributed by atoms with E-state index in [0.717, 1.165) is 32.6 Å². The van der Waals surface area contributed by atoms with Crippen molar-refractivity contribution in [3.05, 3.63) is 131 Å². The van der Waals surface area contributed by atoms with Gasteiger partial charge in [0.25, 0.3) is 10.0 Å². The van der Waals surface area contributed by atoms with Crippen molar-refractivity contribution in [2.75, 3.05) is 10.8 Å². The maximum absolute atomic E-state index is 15.3. The molecule has 0 saturated carbocycles. The van der Waals surface area contributed by atoms with Crippen molar-refractivity contribution in [2.45, 2.75) is 64.1 Å². The monoisotopic (exact) mass is 629 g/mol. The van der Waals surface area contributed by atoms with Gasteiger partial charge >= 0.3 is 0 Å². The van der Waals surface area contributed by atoms with Crippen LogP contribution < -0.4 is 9.62 Å². The summed E-state index contributed by atoms with van der Waals surface area (Å²) in [6.07, 6.45) is 0.885. The first-order chi connectivity index (χ1) is 21.5. The Bertz CT molecular complexity index is 1710. The van der Waals surface area contributed by atoms with Crippen molar-refractivity contribution < 1.29 is 22.4 Å². The lowest BCUT2D eigenvalue weighted by molar-refractivity contribution is -0.140. The molecule has 0 fully saturated rings. The van der Waals surface area contributed by atoms with Gasteiger partial charge in [-0.05, 0) is 68.1 Å². The summed E-state index contributed by atoms with van der Waals surface area (Å²) in [5.74, 6) is -1.78. The highest BCUT2D eigenvalue weighted by molar-refractivity contribution is 7.92. The minimum absolute atomic E-state index is 0.0482. The van der Waals surface area contributed by atoms with Gasteiger partial charge in [-0.2, -0.15) is 0 Å². The molecule has 7 nitrogen and oxygen atoms in total. The minimum atomic E-state index is -4.39. The number of para-hydroxylation sites is 1. The smallest absolute Gasteiger partial charge is 0.264 e. The molecule has 0 aliphatic carbocycles. The second kappa shape index (κ2) is 15.0. The maximum Gasteiger partial charge on any atom is 0.264 e. The molecule has 2 atom stereocenters. The fraction of sp³-hybridized carbons (Fsp3) is 0.278. The summed E-state index contributed by atoms with van der Waals surface area (Å²) in [7, 11) is -4.39. The van der Waals surface area contributed by atoms with Crippen LogP contribution in [0, 0.1) is 19.7 Å². The average Bonchev–Trinajstić information content (AvgIpc) is 3.03. The van der Waals surface area contributed by atoms with Gasteiger partial charge in [-0.25, -0.2) is 12.8 Å². The zero-order chi connectivity index (χ0) is 32.6. The van der Waals surface area contributed by atoms with E-state index in [1.165, 1.54) is 35.2 Å². The van der Waals surface area contributed by atoms with Crippen LogP contribution in [0.3, 0.4) is 0 Å². The zero-order valence-corrected chi connectivity index (χ0v) is 26.9. The third-order valence-electron chi connectivity index (χ3n) is 7.88. The first kappa shape index (κ1) is 33.4. The first-order valence-corrected chi connectivity index (χ1v) is 16.5. The van der Waals surface area contributed by atoms with Gasteiger partial charge in [-0.1, -0.05) is 91.3 Å². The number of hydrogen-bond acceptors (Lipinski definition) is 4. The van der Waals surface area contributed by atoms with Crippen molar-refractivity contribution in [3.8, 4) is 0 Å². The molecular weight excluding hydrogens is 589 g/mol. The summed E-state index contributed by atoms with van der Waals surface area (Å²) in [4.78, 5) is 29.7. The summed E-state index contributed by atoms with van der Waals surface area (Å²) < 4.78 is 44.2. The van der Waals surface area contributed by atoms with Gasteiger partial charge in [-0.15, -0.1) is 0 Å². The van der Waals surface area contributed by atoms with Crippen molar-refractivity contribution in [1.29, 1.82) is 0 Å². The lowest BCUT2D eigenvalue weighted by atomic mass is 10.0. The van der Waals surface area contributed by atoms with Gasteiger partial charge in [0.2, 0.25) is 11.8 Å². The first-order valence-electron chi connectivity index (χ1n) is 15.0. The molecule has 1 N–H and O–H groups in total. The quantitative estimate of drug-likeness (QED) is 0.191. The summed E-state index contributed by atoms with van der Waals surface area (Å²) in [6.45, 7) is 6.92. The summed E-state index contributed by atoms with van der Waals surface area (Å²) >= 11 is 0. The SMILES string of the molecule is CCC(C)NC(=O)C(Cc1ccccc1)N(Cc1ccccc1C)C(=O)CN(c1ccccc1F)S(=O)(=O)c1ccc(C)cc1. The number of benzene rings is 4. The van der Waals surface area contributed by atoms with Gasteiger partial charge < -0.3 is 10.2 Å². The lowest BCUT2D eigenvalue weighted by Gasteiger charge is -2.34. The van der Waals surface area contributed by atoms with Gasteiger partial charge in [0, 0.05) is 19.0 Å². The number of halogens is 1. The molecule has 0 aromatic heterocycles. The van der Waals surface area contributed by atoms with E-state index in [1.807, 2.05) is 82.3 Å². The van der Waals surface area contributed by atoms with Crippen molar-refractivity contribution >= 4 is 27.5 Å². The number of anilines is 1. The number of rotatable bonds is 13. The third kappa shape index (κ3) is 8.36. The molecule has 0 aliphatic heterocycles. The molecule has 2 unspecified atom stereocenters. The van der Waals surface area contributed by atoms with Crippen LogP contribution in [-0.2, 0) is 32.6 Å². The van der Waals surface area contributed by atoms with Gasteiger partial charge in [-0.3, -0.25) is 13.9 Å². The van der Waals surface area contributed by atoms with Crippen LogP contribution in [0.15, 0.2) is 108 Å². The average molecular weight is 630 g/mol. The number of amides is 2. The Morgan fingerprint density at radius 2 is 1.47 bits per heavy atom. The molecule has 45 heavy (non-hydrogen) atoms. The van der Waals surface area contributed by atoms with Crippen LogP contribution in [0.5, 0.6) is 0 Å². The molecule has 4 rings (SSSR count). The number of nitrogens with one attached hydrogen (secondary N) is 1. The summed E-state index contributed by atoms with van der Waals surface area (Å²) in [6, 6.07) is 27.4. The van der Waals surface area contributed by atoms with Crippen LogP contribution in [0.2, 0.25) is 0 Å². The van der Waals surface area contributed by atoms with E-state index in [-0.39, 0.29) is 35.5 Å². The van der Waals surface area contributed by atoms with E-state index in [2.05, 4.69) is 5.32 Å². The summed E-state index contributed by atoms with van der Waals surface area (Å²) in [5.41, 5.74) is 3.14. The van der Waals surface area contributed by atoms with Gasteiger partial charge in [0.15, 0.2) is 0 Å². The number of nitrogens with zero attached hydrogens (tertiary/aromatic N) is 2. The van der Waals surface area contributed by atoms with E-state index < -0.39 is 34.3 Å². The number of carbonyl (C=O) groups is 2. The van der Waals surface area contributed by atoms with E-state index in [9.17, 15) is 18.0 Å². The lowest BCUT2D eigenvalue weighted by Crippen LogP contribution is -2.54. The van der Waals surface area contributed by atoms with Crippen LogP contribution in [-0.4, -0.2) is 43.8 Å². The van der Waals surface area contributed by atoms with Gasteiger partial charge in [0.05, 0.1) is 10.6 Å². The molecule has 236 valence electrons. The Balaban J connectivity index is 1.83. The van der Waals surface area contributed by atoms with Crippen LogP contribution >= 0.6 is 0 Å². The molecule has 0 spiro atoms. The maximum atomic E-state index is 15.3. The fourth-order valence-corrected chi connectivity index (χ4v) is 6.39. The van der Waals surface area contributed by atoms with E-state index >= 15 is 4.39 Å². The van der Waals surface area contributed by atoms with Crippen LogP contribution in [0.4, 0.5) is 10.1 Å². The zero-order valence-electron chi connectivity index (χ0n) is 26.1. The van der Waals surface area contributed by atoms with Crippen LogP contribution in [0.25, 0.3) is 0 Å². The van der Waals surface area contributed by atoms with Gasteiger partial charge in [0.1, 0.15) is 18.4 Å². The molecule has 0 aliphatic rings. The Labute approximate surface area is 265 Å². The van der Waals surface area contributed by atoms with Crippen molar-refractivity contribution in [2.24, 2.45) is 0 Å². The molecule has 0 bridgehead atoms. The van der Waals surface area contributed by atoms with E-state index in [4.69, 9.17) is 0 Å². The standard InChI is InChI=1S/C36H40FN3O4S/c1-5-28(4)38-36(42)34(23-29-14-7-6-8-15-29)39(24-30-16-10-9-13-27(30)3)35(41)25-40(33-18-12-11-17-32(33)37)45(43,44)31-21-19-26(2)20-22-31/h6-22,28,34H,5,23-25H2,1-4H3,(H,38,42). The minimum Gasteiger partial charge on any atom is -0.352 e. The molecule has 0 heterocycles. The highest BCUT2D eigenvalue weighted by Crippen LogP contribution is 2.27. The fourth-order valence-electron chi connectivity index (χ4n) is 4.97. The van der Waals surface area contributed by atoms with Crippen LogP contribution in [0.1, 0.15) is 42.5 Å². The second-order valence-corrected chi connectivity index (χ2v) is 13.1. The molecule has 4 aromatic carbocycles. The van der Waals surface area contributed by atoms with Crippen molar-refractivity contribution in [3.63, 3.8) is 0 Å². The number of aryl methyl sites for hydroxylation is 2.